The smallest absolute Gasteiger partial charge is 0.137 e. The monoisotopic (exact) mass is 342 g/mol. The molecule has 110 valence electrons. The van der Waals surface area contributed by atoms with Crippen LogP contribution in [0.1, 0.15) is 24.4 Å². The predicted octanol–water partition coefficient (Wildman–Crippen LogP) is 2.71. The molecule has 1 aliphatic carbocycles. The first kappa shape index (κ1) is 14.4. The van der Waals surface area contributed by atoms with Gasteiger partial charge in [-0.3, -0.25) is 4.90 Å². The molecule has 1 aliphatic heterocycles. The molecule has 2 unspecified atom stereocenters. The van der Waals surface area contributed by atoms with Gasteiger partial charge in [0.15, 0.2) is 0 Å². The van der Waals surface area contributed by atoms with Crippen LogP contribution in [0.15, 0.2) is 22.7 Å². The molecule has 20 heavy (non-hydrogen) atoms. The topological polar surface area (TPSA) is 24.5 Å². The molecule has 0 radical (unpaired) electrons. The van der Waals surface area contributed by atoms with E-state index in [2.05, 4.69) is 33.2 Å². The molecule has 3 nitrogen and oxygen atoms in total. The molecule has 1 saturated heterocycles. The lowest BCUT2D eigenvalue weighted by Crippen LogP contribution is -2.47. The van der Waals surface area contributed by atoms with E-state index in [-0.39, 0.29) is 18.0 Å². The van der Waals surface area contributed by atoms with Gasteiger partial charge in [0.1, 0.15) is 5.82 Å². The molecule has 0 bridgehead atoms. The van der Waals surface area contributed by atoms with Gasteiger partial charge < -0.3 is 10.1 Å². The SMILES string of the molecule is CN1CCOC(CNC2CC2)C1c1ccc(F)c(Br)c1. The quantitative estimate of drug-likeness (QED) is 0.910. The van der Waals surface area contributed by atoms with Crippen molar-refractivity contribution in [1.29, 1.82) is 0 Å². The fourth-order valence-electron chi connectivity index (χ4n) is 2.77. The molecule has 1 heterocycles. The molecule has 3 rings (SSSR count). The van der Waals surface area contributed by atoms with Crippen LogP contribution in [0.4, 0.5) is 4.39 Å². The Hall–Kier alpha value is -0.490. The Kier molecular flexibility index (Phi) is 4.40. The summed E-state index contributed by atoms with van der Waals surface area (Å²) in [7, 11) is 2.11. The summed E-state index contributed by atoms with van der Waals surface area (Å²) in [5, 5.41) is 3.54. The summed E-state index contributed by atoms with van der Waals surface area (Å²) in [6, 6.07) is 6.10. The van der Waals surface area contributed by atoms with Gasteiger partial charge in [0, 0.05) is 19.1 Å². The number of ether oxygens (including phenoxy) is 1. The van der Waals surface area contributed by atoms with Crippen molar-refractivity contribution < 1.29 is 9.13 Å². The molecule has 0 aromatic heterocycles. The van der Waals surface area contributed by atoms with Crippen LogP contribution in [0, 0.1) is 5.82 Å². The number of morpholine rings is 1. The van der Waals surface area contributed by atoms with Crippen LogP contribution in [-0.2, 0) is 4.74 Å². The number of hydrogen-bond acceptors (Lipinski definition) is 3. The minimum absolute atomic E-state index is 0.117. The Bertz CT molecular complexity index is 481. The number of likely N-dealkylation sites (N-methyl/N-ethyl adjacent to an activating group) is 1. The highest BCUT2D eigenvalue weighted by Gasteiger charge is 2.33. The highest BCUT2D eigenvalue weighted by molar-refractivity contribution is 9.10. The van der Waals surface area contributed by atoms with Crippen LogP contribution < -0.4 is 5.32 Å². The first-order chi connectivity index (χ1) is 9.65. The van der Waals surface area contributed by atoms with Gasteiger partial charge in [0.25, 0.3) is 0 Å². The number of halogens is 2. The van der Waals surface area contributed by atoms with Crippen molar-refractivity contribution in [3.8, 4) is 0 Å². The van der Waals surface area contributed by atoms with E-state index in [0.717, 1.165) is 25.3 Å². The second-order valence-corrected chi connectivity index (χ2v) is 6.55. The van der Waals surface area contributed by atoms with Crippen LogP contribution in [0.5, 0.6) is 0 Å². The average molecular weight is 343 g/mol. The van der Waals surface area contributed by atoms with Crippen LogP contribution in [-0.4, -0.2) is 43.8 Å². The fourth-order valence-corrected chi connectivity index (χ4v) is 3.16. The number of hydrogen-bond donors (Lipinski definition) is 1. The van der Waals surface area contributed by atoms with E-state index in [0.29, 0.717) is 10.5 Å². The summed E-state index contributed by atoms with van der Waals surface area (Å²) < 4.78 is 19.9. The molecular weight excluding hydrogens is 323 g/mol. The minimum Gasteiger partial charge on any atom is -0.374 e. The van der Waals surface area contributed by atoms with Crippen LogP contribution in [0.2, 0.25) is 0 Å². The lowest BCUT2D eigenvalue weighted by atomic mass is 9.98. The predicted molar refractivity (Wildman–Crippen MR) is 80.2 cm³/mol. The zero-order valence-electron chi connectivity index (χ0n) is 11.6. The van der Waals surface area contributed by atoms with Crippen molar-refractivity contribution in [2.75, 3.05) is 26.7 Å². The largest absolute Gasteiger partial charge is 0.374 e. The third-order valence-electron chi connectivity index (χ3n) is 4.07. The maximum Gasteiger partial charge on any atom is 0.137 e. The van der Waals surface area contributed by atoms with Crippen LogP contribution >= 0.6 is 15.9 Å². The first-order valence-electron chi connectivity index (χ1n) is 7.15. The van der Waals surface area contributed by atoms with Gasteiger partial charge >= 0.3 is 0 Å². The molecule has 1 aromatic rings. The molecule has 2 atom stereocenters. The summed E-state index contributed by atoms with van der Waals surface area (Å²) in [4.78, 5) is 2.29. The van der Waals surface area contributed by atoms with Crippen molar-refractivity contribution in [2.45, 2.75) is 31.0 Å². The summed E-state index contributed by atoms with van der Waals surface area (Å²) >= 11 is 3.27. The molecule has 1 N–H and O–H groups in total. The van der Waals surface area contributed by atoms with Crippen molar-refractivity contribution in [1.82, 2.24) is 10.2 Å². The lowest BCUT2D eigenvalue weighted by molar-refractivity contribution is -0.0615. The van der Waals surface area contributed by atoms with E-state index < -0.39 is 0 Å². The molecule has 2 fully saturated rings. The van der Waals surface area contributed by atoms with E-state index in [9.17, 15) is 4.39 Å². The van der Waals surface area contributed by atoms with Gasteiger partial charge in [-0.2, -0.15) is 0 Å². The minimum atomic E-state index is -0.221. The zero-order chi connectivity index (χ0) is 14.1. The van der Waals surface area contributed by atoms with E-state index in [1.165, 1.54) is 18.9 Å². The Morgan fingerprint density at radius 2 is 2.25 bits per heavy atom. The molecule has 5 heteroatoms. The van der Waals surface area contributed by atoms with Gasteiger partial charge in [0.2, 0.25) is 0 Å². The van der Waals surface area contributed by atoms with Crippen molar-refractivity contribution in [2.24, 2.45) is 0 Å². The van der Waals surface area contributed by atoms with E-state index in [1.54, 1.807) is 0 Å². The van der Waals surface area contributed by atoms with E-state index >= 15 is 0 Å². The van der Waals surface area contributed by atoms with Crippen LogP contribution in [0.3, 0.4) is 0 Å². The van der Waals surface area contributed by atoms with Crippen molar-refractivity contribution in [3.05, 3.63) is 34.1 Å². The normalized spacial score (nSPS) is 27.8. The molecule has 0 amide bonds. The standard InChI is InChI=1S/C15H20BrFN2O/c1-19-6-7-20-14(9-18-11-3-4-11)15(19)10-2-5-13(17)12(16)8-10/h2,5,8,11,14-15,18H,3-4,6-7,9H2,1H3. The second kappa shape index (κ2) is 6.10. The Morgan fingerprint density at radius 3 is 2.95 bits per heavy atom. The average Bonchev–Trinajstić information content (AvgIpc) is 3.24. The van der Waals surface area contributed by atoms with Gasteiger partial charge in [0.05, 0.1) is 23.2 Å². The van der Waals surface area contributed by atoms with Gasteiger partial charge in [-0.1, -0.05) is 6.07 Å². The number of rotatable bonds is 4. The Morgan fingerprint density at radius 1 is 1.45 bits per heavy atom. The van der Waals surface area contributed by atoms with Crippen LogP contribution in [0.25, 0.3) is 0 Å². The zero-order valence-corrected chi connectivity index (χ0v) is 13.2. The van der Waals surface area contributed by atoms with Gasteiger partial charge in [-0.25, -0.2) is 4.39 Å². The third kappa shape index (κ3) is 3.22. The summed E-state index contributed by atoms with van der Waals surface area (Å²) in [5.41, 5.74) is 1.10. The van der Waals surface area contributed by atoms with Crippen molar-refractivity contribution >= 4 is 15.9 Å². The second-order valence-electron chi connectivity index (χ2n) is 5.69. The first-order valence-corrected chi connectivity index (χ1v) is 7.94. The summed E-state index contributed by atoms with van der Waals surface area (Å²) in [6.07, 6.45) is 2.66. The molecule has 2 aliphatic rings. The molecular formula is C15H20BrFN2O. The van der Waals surface area contributed by atoms with E-state index in [4.69, 9.17) is 4.74 Å². The lowest BCUT2D eigenvalue weighted by Gasteiger charge is -2.39. The highest BCUT2D eigenvalue weighted by atomic mass is 79.9. The molecule has 1 aromatic carbocycles. The van der Waals surface area contributed by atoms with Gasteiger partial charge in [-0.15, -0.1) is 0 Å². The van der Waals surface area contributed by atoms with Crippen molar-refractivity contribution in [3.63, 3.8) is 0 Å². The van der Waals surface area contributed by atoms with E-state index in [1.807, 2.05) is 12.1 Å². The summed E-state index contributed by atoms with van der Waals surface area (Å²) in [6.45, 7) is 2.51. The Labute approximate surface area is 127 Å². The molecule has 1 saturated carbocycles. The van der Waals surface area contributed by atoms with Gasteiger partial charge in [-0.05, 0) is 53.5 Å². The number of nitrogens with one attached hydrogen (secondary N) is 1. The fraction of sp³-hybridized carbons (Fsp3) is 0.600. The maximum absolute atomic E-state index is 13.4. The maximum atomic E-state index is 13.4. The Balaban J connectivity index is 1.78. The number of benzene rings is 1. The number of nitrogens with zero attached hydrogens (tertiary/aromatic N) is 1. The highest BCUT2D eigenvalue weighted by Crippen LogP contribution is 2.31. The summed E-state index contributed by atoms with van der Waals surface area (Å²) in [5.74, 6) is -0.221. The molecule has 0 spiro atoms. The third-order valence-corrected chi connectivity index (χ3v) is 4.68.